The van der Waals surface area contributed by atoms with Crippen molar-refractivity contribution in [3.05, 3.63) is 0 Å². The number of amides is 2. The van der Waals surface area contributed by atoms with Crippen LogP contribution in [0, 0.1) is 0 Å². The van der Waals surface area contributed by atoms with Crippen LogP contribution in [-0.2, 0) is 0 Å². The van der Waals surface area contributed by atoms with Crippen LogP contribution in [-0.4, -0.2) is 29.3 Å². The molecule has 0 saturated heterocycles. The molecule has 2 rings (SSSR count). The van der Waals surface area contributed by atoms with Crippen LogP contribution in [0.25, 0.3) is 0 Å². The van der Waals surface area contributed by atoms with Crippen LogP contribution in [0.15, 0.2) is 0 Å². The molecule has 16 heavy (non-hydrogen) atoms. The second-order valence-electron chi connectivity index (χ2n) is 5.23. The monoisotopic (exact) mass is 226 g/mol. The van der Waals surface area contributed by atoms with Crippen molar-refractivity contribution in [2.24, 2.45) is 0 Å². The van der Waals surface area contributed by atoms with Crippen molar-refractivity contribution in [2.75, 3.05) is 6.61 Å². The molecule has 0 heterocycles. The maximum Gasteiger partial charge on any atom is 0.315 e. The second kappa shape index (κ2) is 5.04. The molecule has 0 aromatic carbocycles. The Hall–Kier alpha value is -0.770. The molecule has 0 aromatic heterocycles. The van der Waals surface area contributed by atoms with Gasteiger partial charge in [0.25, 0.3) is 0 Å². The van der Waals surface area contributed by atoms with E-state index in [4.69, 9.17) is 0 Å². The summed E-state index contributed by atoms with van der Waals surface area (Å²) in [5, 5.41) is 15.4. The van der Waals surface area contributed by atoms with Crippen molar-refractivity contribution < 1.29 is 9.90 Å². The molecule has 92 valence electrons. The van der Waals surface area contributed by atoms with Crippen LogP contribution in [0.4, 0.5) is 4.79 Å². The summed E-state index contributed by atoms with van der Waals surface area (Å²) >= 11 is 0. The minimum atomic E-state index is -0.355. The standard InChI is InChI=1S/C12H22N2O2/c15-9-12(7-2-1-3-8-12)14-11(16)13-10-5-4-6-10/h10,15H,1-9H2,(H2,13,14,16). The Bertz CT molecular complexity index is 245. The average molecular weight is 226 g/mol. The predicted molar refractivity (Wildman–Crippen MR) is 62.2 cm³/mol. The Morgan fingerprint density at radius 2 is 1.88 bits per heavy atom. The molecule has 0 bridgehead atoms. The fourth-order valence-corrected chi connectivity index (χ4v) is 2.57. The van der Waals surface area contributed by atoms with Crippen LogP contribution < -0.4 is 10.6 Å². The van der Waals surface area contributed by atoms with E-state index in [2.05, 4.69) is 10.6 Å². The first-order chi connectivity index (χ1) is 7.74. The number of nitrogens with one attached hydrogen (secondary N) is 2. The molecule has 0 unspecified atom stereocenters. The fourth-order valence-electron chi connectivity index (χ4n) is 2.57. The molecule has 0 aliphatic heterocycles. The van der Waals surface area contributed by atoms with E-state index in [1.165, 1.54) is 12.8 Å². The number of aliphatic hydroxyl groups excluding tert-OH is 1. The van der Waals surface area contributed by atoms with Gasteiger partial charge in [-0.05, 0) is 32.1 Å². The average Bonchev–Trinajstić information content (AvgIpc) is 2.25. The number of rotatable bonds is 3. The fraction of sp³-hybridized carbons (Fsp3) is 0.917. The third-order valence-corrected chi connectivity index (χ3v) is 3.93. The minimum absolute atomic E-state index is 0.0606. The lowest BCUT2D eigenvalue weighted by Gasteiger charge is -2.37. The van der Waals surface area contributed by atoms with E-state index >= 15 is 0 Å². The first-order valence-electron chi connectivity index (χ1n) is 6.44. The molecule has 4 heteroatoms. The molecule has 2 aliphatic carbocycles. The zero-order chi connectivity index (χ0) is 11.4. The summed E-state index contributed by atoms with van der Waals surface area (Å²) in [5.74, 6) is 0. The van der Waals surface area contributed by atoms with Crippen molar-refractivity contribution in [1.29, 1.82) is 0 Å². The maximum atomic E-state index is 11.7. The SMILES string of the molecule is O=C(NC1CCC1)NC1(CO)CCCCC1. The molecular formula is C12H22N2O2. The lowest BCUT2D eigenvalue weighted by atomic mass is 9.82. The molecular weight excluding hydrogens is 204 g/mol. The van der Waals surface area contributed by atoms with E-state index in [1.54, 1.807) is 0 Å². The number of urea groups is 1. The molecule has 0 aromatic rings. The van der Waals surface area contributed by atoms with Crippen LogP contribution in [0.1, 0.15) is 51.4 Å². The van der Waals surface area contributed by atoms with Gasteiger partial charge in [-0.3, -0.25) is 0 Å². The summed E-state index contributed by atoms with van der Waals surface area (Å²) in [6.45, 7) is 0.0606. The smallest absolute Gasteiger partial charge is 0.315 e. The van der Waals surface area contributed by atoms with Gasteiger partial charge < -0.3 is 15.7 Å². The van der Waals surface area contributed by atoms with Gasteiger partial charge in [0, 0.05) is 6.04 Å². The highest BCUT2D eigenvalue weighted by molar-refractivity contribution is 5.75. The van der Waals surface area contributed by atoms with Crippen molar-refractivity contribution in [3.8, 4) is 0 Å². The van der Waals surface area contributed by atoms with Crippen molar-refractivity contribution in [1.82, 2.24) is 10.6 Å². The quantitative estimate of drug-likeness (QED) is 0.683. The topological polar surface area (TPSA) is 61.4 Å². The van der Waals surface area contributed by atoms with E-state index in [0.717, 1.165) is 38.5 Å². The molecule has 0 radical (unpaired) electrons. The van der Waals surface area contributed by atoms with Crippen molar-refractivity contribution in [3.63, 3.8) is 0 Å². The summed E-state index contributed by atoms with van der Waals surface area (Å²) in [6.07, 6.45) is 8.64. The third-order valence-electron chi connectivity index (χ3n) is 3.93. The summed E-state index contributed by atoms with van der Waals surface area (Å²) in [7, 11) is 0. The van der Waals surface area contributed by atoms with E-state index < -0.39 is 0 Å². The highest BCUT2D eigenvalue weighted by Gasteiger charge is 2.33. The summed E-state index contributed by atoms with van der Waals surface area (Å²) in [6, 6.07) is 0.264. The van der Waals surface area contributed by atoms with Crippen molar-refractivity contribution in [2.45, 2.75) is 62.9 Å². The molecule has 2 saturated carbocycles. The number of aliphatic hydroxyl groups is 1. The van der Waals surface area contributed by atoms with E-state index in [1.807, 2.05) is 0 Å². The highest BCUT2D eigenvalue weighted by Crippen LogP contribution is 2.27. The van der Waals surface area contributed by atoms with Gasteiger partial charge >= 0.3 is 6.03 Å². The Balaban J connectivity index is 1.82. The van der Waals surface area contributed by atoms with Crippen LogP contribution >= 0.6 is 0 Å². The normalized spacial score (nSPS) is 24.6. The lowest BCUT2D eigenvalue weighted by molar-refractivity contribution is 0.123. The van der Waals surface area contributed by atoms with Crippen molar-refractivity contribution >= 4 is 6.03 Å². The van der Waals surface area contributed by atoms with Crippen LogP contribution in [0.2, 0.25) is 0 Å². The van der Waals surface area contributed by atoms with E-state index in [-0.39, 0.29) is 18.2 Å². The number of hydrogen-bond acceptors (Lipinski definition) is 2. The number of carbonyl (C=O) groups is 1. The number of hydrogen-bond donors (Lipinski definition) is 3. The van der Waals surface area contributed by atoms with Gasteiger partial charge in [0.2, 0.25) is 0 Å². The van der Waals surface area contributed by atoms with Crippen LogP contribution in [0.5, 0.6) is 0 Å². The third kappa shape index (κ3) is 2.67. The molecule has 4 nitrogen and oxygen atoms in total. The lowest BCUT2D eigenvalue weighted by Crippen LogP contribution is -2.57. The predicted octanol–water partition coefficient (Wildman–Crippen LogP) is 1.53. The van der Waals surface area contributed by atoms with Gasteiger partial charge in [-0.25, -0.2) is 4.79 Å². The minimum Gasteiger partial charge on any atom is -0.394 e. The van der Waals surface area contributed by atoms with Gasteiger partial charge in [0.05, 0.1) is 12.1 Å². The molecule has 0 atom stereocenters. The van der Waals surface area contributed by atoms with Gasteiger partial charge in [-0.1, -0.05) is 19.3 Å². The Morgan fingerprint density at radius 1 is 1.19 bits per heavy atom. The maximum absolute atomic E-state index is 11.7. The zero-order valence-electron chi connectivity index (χ0n) is 9.80. The van der Waals surface area contributed by atoms with E-state index in [9.17, 15) is 9.90 Å². The zero-order valence-corrected chi connectivity index (χ0v) is 9.80. The second-order valence-corrected chi connectivity index (χ2v) is 5.23. The largest absolute Gasteiger partial charge is 0.394 e. The molecule has 0 spiro atoms. The van der Waals surface area contributed by atoms with Gasteiger partial charge in [-0.2, -0.15) is 0 Å². The van der Waals surface area contributed by atoms with E-state index in [0.29, 0.717) is 6.04 Å². The van der Waals surface area contributed by atoms with Crippen LogP contribution in [0.3, 0.4) is 0 Å². The molecule has 2 fully saturated rings. The Labute approximate surface area is 96.8 Å². The number of carbonyl (C=O) groups excluding carboxylic acids is 1. The molecule has 2 amide bonds. The summed E-state index contributed by atoms with van der Waals surface area (Å²) in [5.41, 5.74) is -0.355. The Kier molecular flexibility index (Phi) is 3.69. The Morgan fingerprint density at radius 3 is 2.38 bits per heavy atom. The van der Waals surface area contributed by atoms with Gasteiger partial charge in [0.1, 0.15) is 0 Å². The summed E-state index contributed by atoms with van der Waals surface area (Å²) in [4.78, 5) is 11.7. The van der Waals surface area contributed by atoms with Gasteiger partial charge in [0.15, 0.2) is 0 Å². The molecule has 2 aliphatic rings. The van der Waals surface area contributed by atoms with Gasteiger partial charge in [-0.15, -0.1) is 0 Å². The first kappa shape index (κ1) is 11.7. The first-order valence-corrected chi connectivity index (χ1v) is 6.44. The highest BCUT2D eigenvalue weighted by atomic mass is 16.3. The molecule has 3 N–H and O–H groups in total. The summed E-state index contributed by atoms with van der Waals surface area (Å²) < 4.78 is 0.